The minimum atomic E-state index is -4.20. The smallest absolute Gasteiger partial charge is 0.265 e. The van der Waals surface area contributed by atoms with Crippen molar-refractivity contribution in [1.82, 2.24) is 0 Å². The van der Waals surface area contributed by atoms with Gasteiger partial charge in [0.2, 0.25) is 5.88 Å². The van der Waals surface area contributed by atoms with Gasteiger partial charge >= 0.3 is 0 Å². The Labute approximate surface area is 197 Å². The molecule has 0 fully saturated rings. The van der Waals surface area contributed by atoms with Crippen LogP contribution in [0.25, 0.3) is 5.76 Å². The fourth-order valence-corrected chi connectivity index (χ4v) is 6.39. The van der Waals surface area contributed by atoms with Gasteiger partial charge in [0.15, 0.2) is 5.76 Å². The molecule has 170 valence electrons. The number of nitrogens with zero attached hydrogens (tertiary/aromatic N) is 2. The highest BCUT2D eigenvalue weighted by molar-refractivity contribution is 7.96. The van der Waals surface area contributed by atoms with Gasteiger partial charge in [-0.2, -0.15) is 5.26 Å². The van der Waals surface area contributed by atoms with Crippen molar-refractivity contribution in [3.8, 4) is 6.07 Å². The van der Waals surface area contributed by atoms with Crippen LogP contribution < -0.4 is 10.0 Å². The summed E-state index contributed by atoms with van der Waals surface area (Å²) in [6.45, 7) is 2.01. The summed E-state index contributed by atoms with van der Waals surface area (Å²) in [5.41, 5.74) is 9.07. The van der Waals surface area contributed by atoms with Crippen molar-refractivity contribution in [2.75, 3.05) is 4.31 Å². The van der Waals surface area contributed by atoms with E-state index in [9.17, 15) is 18.1 Å². The molecule has 8 heteroatoms. The third-order valence-corrected chi connectivity index (χ3v) is 7.83. The van der Waals surface area contributed by atoms with Gasteiger partial charge in [-0.15, -0.1) is 0 Å². The second-order valence-corrected chi connectivity index (χ2v) is 10.0. The number of halogens is 1. The van der Waals surface area contributed by atoms with Gasteiger partial charge in [-0.3, -0.25) is 4.31 Å². The molecule has 3 aromatic rings. The summed E-state index contributed by atoms with van der Waals surface area (Å²) in [5.74, 6) is -1.80. The Kier molecular flexibility index (Phi) is 5.14. The Morgan fingerprint density at radius 1 is 1.09 bits per heavy atom. The summed E-state index contributed by atoms with van der Waals surface area (Å²) in [7, 11) is -4.20. The number of anilines is 1. The molecule has 2 aliphatic rings. The van der Waals surface area contributed by atoms with Gasteiger partial charge in [-0.25, -0.2) is 12.8 Å². The first-order chi connectivity index (χ1) is 16.3. The quantitative estimate of drug-likeness (QED) is 0.597. The van der Waals surface area contributed by atoms with E-state index in [1.807, 2.05) is 37.3 Å². The van der Waals surface area contributed by atoms with E-state index in [0.717, 1.165) is 11.1 Å². The number of aryl methyl sites for hydroxylation is 1. The highest BCUT2D eigenvalue weighted by atomic mass is 32.2. The number of nitrogens with two attached hydrogens (primary N) is 1. The number of benzene rings is 3. The lowest BCUT2D eigenvalue weighted by Crippen LogP contribution is -2.39. The van der Waals surface area contributed by atoms with Crippen molar-refractivity contribution in [3.05, 3.63) is 117 Å². The number of allylic oxidation sites excluding steroid dienone is 2. The van der Waals surface area contributed by atoms with E-state index in [4.69, 9.17) is 10.5 Å². The summed E-state index contributed by atoms with van der Waals surface area (Å²) in [5, 5.41) is 9.86. The van der Waals surface area contributed by atoms with Crippen molar-refractivity contribution in [1.29, 1.82) is 5.26 Å². The summed E-state index contributed by atoms with van der Waals surface area (Å²) in [6.07, 6.45) is 0. The van der Waals surface area contributed by atoms with E-state index in [2.05, 4.69) is 0 Å². The normalized spacial score (nSPS) is 18.6. The van der Waals surface area contributed by atoms with E-state index in [1.54, 1.807) is 30.3 Å². The van der Waals surface area contributed by atoms with Crippen LogP contribution in [-0.2, 0) is 21.3 Å². The summed E-state index contributed by atoms with van der Waals surface area (Å²) in [4.78, 5) is -0.129. The average molecular weight is 474 g/mol. The van der Waals surface area contributed by atoms with E-state index in [-0.39, 0.29) is 28.7 Å². The van der Waals surface area contributed by atoms with Crippen LogP contribution in [0.2, 0.25) is 0 Å². The average Bonchev–Trinajstić information content (AvgIpc) is 2.81. The van der Waals surface area contributed by atoms with E-state index in [1.165, 1.54) is 22.5 Å². The third-order valence-electron chi connectivity index (χ3n) is 5.95. The summed E-state index contributed by atoms with van der Waals surface area (Å²) in [6, 6.07) is 22.0. The Balaban J connectivity index is 1.77. The van der Waals surface area contributed by atoms with E-state index in [0.29, 0.717) is 16.8 Å². The maximum absolute atomic E-state index is 14.2. The van der Waals surface area contributed by atoms with Gasteiger partial charge < -0.3 is 10.5 Å². The first-order valence-electron chi connectivity index (χ1n) is 10.6. The fourth-order valence-electron chi connectivity index (χ4n) is 4.48. The third kappa shape index (κ3) is 3.42. The molecule has 0 amide bonds. The molecule has 0 radical (unpaired) electrons. The van der Waals surface area contributed by atoms with Gasteiger partial charge in [-0.05, 0) is 42.3 Å². The molecule has 0 saturated carbocycles. The lowest BCUT2D eigenvalue weighted by Gasteiger charge is -2.38. The monoisotopic (exact) mass is 473 g/mol. The number of para-hydroxylation sites is 1. The molecule has 2 heterocycles. The van der Waals surface area contributed by atoms with Crippen LogP contribution in [0.3, 0.4) is 0 Å². The topological polar surface area (TPSA) is 96.4 Å². The molecule has 5 rings (SSSR count). The number of nitriles is 1. The predicted molar refractivity (Wildman–Crippen MR) is 127 cm³/mol. The maximum atomic E-state index is 14.2. The number of hydrogen-bond acceptors (Lipinski definition) is 5. The Morgan fingerprint density at radius 2 is 1.85 bits per heavy atom. The summed E-state index contributed by atoms with van der Waals surface area (Å²) < 4.78 is 49.6. The molecule has 34 heavy (non-hydrogen) atoms. The van der Waals surface area contributed by atoms with Gasteiger partial charge in [-0.1, -0.05) is 54.1 Å². The largest absolute Gasteiger partial charge is 0.439 e. The van der Waals surface area contributed by atoms with Gasteiger partial charge in [0.1, 0.15) is 22.4 Å². The standard InChI is InChI=1S/C26H20FN3O3S/c1-16-6-4-7-17(12-16)15-30-22-11-3-2-10-20(22)24-25(34(30,31)32)23(21(14-28)26(29)33-24)18-8-5-9-19(27)13-18/h2-13,23H,15,29H2,1H3/t23-/m0/s1. The molecule has 2 aliphatic heterocycles. The zero-order chi connectivity index (χ0) is 24.0. The minimum absolute atomic E-state index is 0.0573. The molecule has 0 aromatic heterocycles. The zero-order valence-corrected chi connectivity index (χ0v) is 19.0. The first-order valence-corrected chi connectivity index (χ1v) is 12.0. The molecule has 0 bridgehead atoms. The Morgan fingerprint density at radius 3 is 2.59 bits per heavy atom. The molecule has 2 N–H and O–H groups in total. The molecule has 6 nitrogen and oxygen atoms in total. The van der Waals surface area contributed by atoms with Crippen LogP contribution in [-0.4, -0.2) is 8.42 Å². The highest BCUT2D eigenvalue weighted by Crippen LogP contribution is 2.51. The predicted octanol–water partition coefficient (Wildman–Crippen LogP) is 4.66. The molecule has 0 spiro atoms. The van der Waals surface area contributed by atoms with Gasteiger partial charge in [0.25, 0.3) is 10.0 Å². The van der Waals surface area contributed by atoms with Crippen LogP contribution in [0.1, 0.15) is 28.2 Å². The van der Waals surface area contributed by atoms with Crippen molar-refractivity contribution >= 4 is 21.5 Å². The van der Waals surface area contributed by atoms with E-state index >= 15 is 0 Å². The molecule has 3 aromatic carbocycles. The van der Waals surface area contributed by atoms with Crippen molar-refractivity contribution < 1.29 is 17.5 Å². The van der Waals surface area contributed by atoms with Crippen LogP contribution in [0.5, 0.6) is 0 Å². The second-order valence-electron chi connectivity index (χ2n) is 8.19. The lowest BCUT2D eigenvalue weighted by molar-refractivity contribution is 0.357. The number of hydrogen-bond donors (Lipinski definition) is 1. The molecule has 0 aliphatic carbocycles. The maximum Gasteiger partial charge on any atom is 0.265 e. The van der Waals surface area contributed by atoms with Crippen molar-refractivity contribution in [3.63, 3.8) is 0 Å². The minimum Gasteiger partial charge on any atom is -0.439 e. The van der Waals surface area contributed by atoms with E-state index < -0.39 is 21.8 Å². The van der Waals surface area contributed by atoms with Crippen LogP contribution in [0, 0.1) is 24.1 Å². The Hall–Kier alpha value is -4.09. The highest BCUT2D eigenvalue weighted by Gasteiger charge is 2.47. The van der Waals surface area contributed by atoms with Crippen LogP contribution >= 0.6 is 0 Å². The summed E-state index contributed by atoms with van der Waals surface area (Å²) >= 11 is 0. The number of rotatable bonds is 3. The molecule has 0 unspecified atom stereocenters. The SMILES string of the molecule is Cc1cccc(CN2c3ccccc3C3=C([C@@H](c4cccc(F)c4)C(C#N)=C(N)O3)S2(=O)=O)c1. The Bertz CT molecular complexity index is 1540. The fraction of sp³-hybridized carbons (Fsp3) is 0.115. The molecular formula is C26H20FN3O3S. The van der Waals surface area contributed by atoms with Crippen molar-refractivity contribution in [2.45, 2.75) is 19.4 Å². The number of sulfonamides is 1. The first kappa shape index (κ1) is 21.7. The van der Waals surface area contributed by atoms with Crippen molar-refractivity contribution in [2.24, 2.45) is 5.73 Å². The number of fused-ring (bicyclic) bond motifs is 2. The van der Waals surface area contributed by atoms with Gasteiger partial charge in [0.05, 0.1) is 18.2 Å². The molecule has 0 saturated heterocycles. The second kappa shape index (κ2) is 8.04. The van der Waals surface area contributed by atoms with Gasteiger partial charge in [0, 0.05) is 5.56 Å². The molecular weight excluding hydrogens is 453 g/mol. The van der Waals surface area contributed by atoms with Crippen LogP contribution in [0.4, 0.5) is 10.1 Å². The number of ether oxygens (including phenoxy) is 1. The van der Waals surface area contributed by atoms with Crippen LogP contribution in [0.15, 0.2) is 89.2 Å². The molecule has 1 atom stereocenters. The lowest BCUT2D eigenvalue weighted by atomic mass is 9.88. The zero-order valence-electron chi connectivity index (χ0n) is 18.2.